The highest BCUT2D eigenvalue weighted by molar-refractivity contribution is 8.01. The van der Waals surface area contributed by atoms with E-state index in [4.69, 9.17) is 4.74 Å². The fraction of sp³-hybridized carbons (Fsp3) is 0.250. The first-order valence-electron chi connectivity index (χ1n) is 9.33. The molecule has 3 rings (SSSR count). The number of sulfonamides is 1. The summed E-state index contributed by atoms with van der Waals surface area (Å²) >= 11 is 2.76. The Labute approximate surface area is 189 Å². The molecule has 0 bridgehead atoms. The molecular weight excluding hydrogens is 456 g/mol. The van der Waals surface area contributed by atoms with Crippen molar-refractivity contribution in [1.82, 2.24) is 10.2 Å². The minimum absolute atomic E-state index is 0.0891. The first-order valence-corrected chi connectivity index (χ1v) is 12.6. The van der Waals surface area contributed by atoms with Crippen LogP contribution in [0.3, 0.4) is 0 Å². The number of amides is 1. The van der Waals surface area contributed by atoms with Gasteiger partial charge in [0.15, 0.2) is 4.34 Å². The van der Waals surface area contributed by atoms with Crippen molar-refractivity contribution in [2.24, 2.45) is 0 Å². The Bertz CT molecular complexity index is 1150. The van der Waals surface area contributed by atoms with Gasteiger partial charge in [-0.3, -0.25) is 14.4 Å². The van der Waals surface area contributed by atoms with Gasteiger partial charge in [-0.15, -0.1) is 10.2 Å². The number of methoxy groups -OCH3 is 1. The van der Waals surface area contributed by atoms with Crippen LogP contribution in [-0.2, 0) is 14.8 Å². The zero-order valence-corrected chi connectivity index (χ0v) is 19.7. The van der Waals surface area contributed by atoms with E-state index < -0.39 is 22.5 Å². The number of nitrogens with zero attached hydrogens (tertiary/aromatic N) is 3. The Hall–Kier alpha value is -2.63. The van der Waals surface area contributed by atoms with Gasteiger partial charge >= 0.3 is 0 Å². The van der Waals surface area contributed by atoms with E-state index in [0.717, 1.165) is 20.0 Å². The highest BCUT2D eigenvalue weighted by Crippen LogP contribution is 2.28. The van der Waals surface area contributed by atoms with Crippen molar-refractivity contribution in [2.45, 2.75) is 23.1 Å². The van der Waals surface area contributed by atoms with Crippen molar-refractivity contribution < 1.29 is 17.9 Å². The van der Waals surface area contributed by atoms with E-state index in [1.807, 2.05) is 13.8 Å². The zero-order chi connectivity index (χ0) is 22.4. The summed E-state index contributed by atoms with van der Waals surface area (Å²) in [7, 11) is -2.51. The number of nitrogens with one attached hydrogen (secondary N) is 1. The number of hydrogen-bond donors (Lipinski definition) is 1. The molecule has 0 radical (unpaired) electrons. The fourth-order valence-corrected chi connectivity index (χ4v) is 5.73. The molecule has 0 fully saturated rings. The fourth-order valence-electron chi connectivity index (χ4n) is 2.65. The number of aromatic nitrogens is 2. The Kier molecular flexibility index (Phi) is 7.52. The Balaban J connectivity index is 1.91. The minimum atomic E-state index is -4.01. The van der Waals surface area contributed by atoms with Crippen LogP contribution in [-0.4, -0.2) is 43.9 Å². The molecule has 1 N–H and O–H groups in total. The number of hydrogen-bond acceptors (Lipinski definition) is 8. The molecule has 0 saturated heterocycles. The van der Waals surface area contributed by atoms with Crippen LogP contribution in [0.4, 0.5) is 10.8 Å². The third-order valence-electron chi connectivity index (χ3n) is 4.16. The van der Waals surface area contributed by atoms with Crippen molar-refractivity contribution in [2.75, 3.05) is 29.0 Å². The van der Waals surface area contributed by atoms with E-state index in [1.54, 1.807) is 36.4 Å². The van der Waals surface area contributed by atoms with Crippen LogP contribution in [0.1, 0.15) is 12.5 Å². The lowest BCUT2D eigenvalue weighted by molar-refractivity contribution is -0.114. The number of ether oxygens (including phenoxy) is 1. The van der Waals surface area contributed by atoms with Crippen LogP contribution in [0, 0.1) is 6.92 Å². The third-order valence-corrected chi connectivity index (χ3v) is 7.80. The van der Waals surface area contributed by atoms with Crippen molar-refractivity contribution in [1.29, 1.82) is 0 Å². The molecule has 3 aromatic rings. The molecule has 0 aliphatic heterocycles. The normalized spacial score (nSPS) is 11.2. The summed E-state index contributed by atoms with van der Waals surface area (Å²) in [4.78, 5) is 12.8. The van der Waals surface area contributed by atoms with Crippen molar-refractivity contribution in [3.63, 3.8) is 0 Å². The van der Waals surface area contributed by atoms with E-state index >= 15 is 0 Å². The van der Waals surface area contributed by atoms with Crippen LogP contribution < -0.4 is 14.4 Å². The number of carbonyl (C=O) groups excluding carboxylic acids is 1. The average molecular weight is 479 g/mol. The molecule has 0 unspecified atom stereocenters. The van der Waals surface area contributed by atoms with Crippen molar-refractivity contribution >= 4 is 49.8 Å². The summed E-state index contributed by atoms with van der Waals surface area (Å²) in [6.07, 6.45) is 0. The highest BCUT2D eigenvalue weighted by atomic mass is 32.2. The van der Waals surface area contributed by atoms with E-state index in [1.165, 1.54) is 42.3 Å². The van der Waals surface area contributed by atoms with Gasteiger partial charge in [-0.2, -0.15) is 0 Å². The highest BCUT2D eigenvalue weighted by Gasteiger charge is 2.28. The molecule has 11 heteroatoms. The first kappa shape index (κ1) is 23.0. The third kappa shape index (κ3) is 5.75. The predicted octanol–water partition coefficient (Wildman–Crippen LogP) is 3.80. The van der Waals surface area contributed by atoms with E-state index in [-0.39, 0.29) is 4.90 Å². The maximum Gasteiger partial charge on any atom is 0.264 e. The largest absolute Gasteiger partial charge is 0.497 e. The van der Waals surface area contributed by atoms with Gasteiger partial charge in [0.05, 0.1) is 17.7 Å². The second kappa shape index (κ2) is 10.1. The zero-order valence-electron chi connectivity index (χ0n) is 17.2. The number of benzene rings is 2. The number of anilines is 2. The second-order valence-electron chi connectivity index (χ2n) is 6.38. The second-order valence-corrected chi connectivity index (χ2v) is 10.7. The van der Waals surface area contributed by atoms with E-state index in [0.29, 0.717) is 16.6 Å². The Morgan fingerprint density at radius 1 is 1.19 bits per heavy atom. The summed E-state index contributed by atoms with van der Waals surface area (Å²) < 4.78 is 33.8. The number of aryl methyl sites for hydroxylation is 1. The SMILES string of the molecule is CCSc1nnc(NC(=O)CN(c2cccc(OC)c2)S(=O)(=O)c2ccc(C)cc2)s1. The maximum absolute atomic E-state index is 13.4. The van der Waals surface area contributed by atoms with E-state index in [9.17, 15) is 13.2 Å². The lowest BCUT2D eigenvalue weighted by Gasteiger charge is -2.24. The lowest BCUT2D eigenvalue weighted by atomic mass is 10.2. The molecular formula is C20H22N4O4S3. The maximum atomic E-state index is 13.4. The summed E-state index contributed by atoms with van der Waals surface area (Å²) in [5.74, 6) is 0.788. The van der Waals surface area contributed by atoms with Crippen LogP contribution >= 0.6 is 23.1 Å². The van der Waals surface area contributed by atoms with Crippen molar-refractivity contribution in [3.8, 4) is 5.75 Å². The topological polar surface area (TPSA) is 101 Å². The predicted molar refractivity (Wildman–Crippen MR) is 124 cm³/mol. The van der Waals surface area contributed by atoms with Crippen LogP contribution in [0.5, 0.6) is 5.75 Å². The summed E-state index contributed by atoms with van der Waals surface area (Å²) in [6, 6.07) is 13.0. The molecule has 164 valence electrons. The van der Waals surface area contributed by atoms with Gasteiger partial charge in [0.1, 0.15) is 12.3 Å². The summed E-state index contributed by atoms with van der Waals surface area (Å²) in [6.45, 7) is 3.43. The Morgan fingerprint density at radius 3 is 2.61 bits per heavy atom. The number of rotatable bonds is 9. The van der Waals surface area contributed by atoms with Gasteiger partial charge in [-0.25, -0.2) is 8.42 Å². The molecule has 0 atom stereocenters. The van der Waals surface area contributed by atoms with Crippen LogP contribution in [0.15, 0.2) is 57.8 Å². The van der Waals surface area contributed by atoms with E-state index in [2.05, 4.69) is 15.5 Å². The molecule has 1 heterocycles. The lowest BCUT2D eigenvalue weighted by Crippen LogP contribution is -2.38. The number of carbonyl (C=O) groups is 1. The standard InChI is InChI=1S/C20H22N4O4S3/c1-4-29-20-23-22-19(30-20)21-18(25)13-24(15-6-5-7-16(12-15)28-3)31(26,27)17-10-8-14(2)9-11-17/h5-12H,4,13H2,1-3H3,(H,21,22,25). The molecule has 0 aliphatic rings. The minimum Gasteiger partial charge on any atom is -0.497 e. The number of thioether (sulfide) groups is 1. The Morgan fingerprint density at radius 2 is 1.94 bits per heavy atom. The molecule has 0 saturated carbocycles. The molecule has 31 heavy (non-hydrogen) atoms. The van der Waals surface area contributed by atoms with Gasteiger partial charge in [0, 0.05) is 6.07 Å². The van der Waals surface area contributed by atoms with Gasteiger partial charge in [-0.1, -0.05) is 53.8 Å². The molecule has 2 aromatic carbocycles. The van der Waals surface area contributed by atoms with Gasteiger partial charge < -0.3 is 4.74 Å². The van der Waals surface area contributed by atoms with Gasteiger partial charge in [-0.05, 0) is 36.9 Å². The quantitative estimate of drug-likeness (QED) is 0.369. The molecule has 1 amide bonds. The van der Waals surface area contributed by atoms with Gasteiger partial charge in [0.25, 0.3) is 10.0 Å². The van der Waals surface area contributed by atoms with Gasteiger partial charge in [0.2, 0.25) is 11.0 Å². The summed E-state index contributed by atoms with van der Waals surface area (Å²) in [5, 5.41) is 10.9. The average Bonchev–Trinajstić information content (AvgIpc) is 3.19. The molecule has 0 aliphatic carbocycles. The van der Waals surface area contributed by atoms with Crippen LogP contribution in [0.25, 0.3) is 0 Å². The molecule has 1 aromatic heterocycles. The monoisotopic (exact) mass is 478 g/mol. The van der Waals surface area contributed by atoms with Crippen LogP contribution in [0.2, 0.25) is 0 Å². The molecule has 0 spiro atoms. The molecule has 8 nitrogen and oxygen atoms in total. The smallest absolute Gasteiger partial charge is 0.264 e. The first-order chi connectivity index (χ1) is 14.8. The summed E-state index contributed by atoms with van der Waals surface area (Å²) in [5.41, 5.74) is 1.25. The van der Waals surface area contributed by atoms with Crippen molar-refractivity contribution in [3.05, 3.63) is 54.1 Å².